The van der Waals surface area contributed by atoms with Crippen LogP contribution in [0.3, 0.4) is 0 Å². The van der Waals surface area contributed by atoms with Crippen LogP contribution in [0, 0.1) is 18.6 Å². The van der Waals surface area contributed by atoms with Crippen LogP contribution in [0.2, 0.25) is 0 Å². The second-order valence-corrected chi connectivity index (χ2v) is 8.66. The Morgan fingerprint density at radius 3 is 2.13 bits per heavy atom. The molecule has 8 heteroatoms. The zero-order valence-corrected chi connectivity index (χ0v) is 21.7. The summed E-state index contributed by atoms with van der Waals surface area (Å²) in [5.41, 5.74) is 2.21. The van der Waals surface area contributed by atoms with Crippen molar-refractivity contribution < 1.29 is 28.2 Å². The zero-order chi connectivity index (χ0) is 27.8. The lowest BCUT2D eigenvalue weighted by molar-refractivity contribution is 0.0696. The molecule has 0 radical (unpaired) electrons. The van der Waals surface area contributed by atoms with Crippen molar-refractivity contribution in [2.45, 2.75) is 33.8 Å². The molecule has 0 bridgehead atoms. The highest BCUT2D eigenvalue weighted by Crippen LogP contribution is 2.30. The molecular weight excluding hydrogens is 490 g/mol. The highest BCUT2D eigenvalue weighted by Gasteiger charge is 2.22. The third-order valence-corrected chi connectivity index (χ3v) is 5.71. The minimum atomic E-state index is -1.40. The van der Waals surface area contributed by atoms with Gasteiger partial charge in [0.25, 0.3) is 5.91 Å². The van der Waals surface area contributed by atoms with E-state index < -0.39 is 29.1 Å². The average Bonchev–Trinajstić information content (AvgIpc) is 3.20. The van der Waals surface area contributed by atoms with E-state index in [-0.39, 0.29) is 16.8 Å². The predicted molar refractivity (Wildman–Crippen MR) is 144 cm³/mol. The van der Waals surface area contributed by atoms with E-state index in [1.807, 2.05) is 30.3 Å². The van der Waals surface area contributed by atoms with Crippen LogP contribution in [0.1, 0.15) is 52.2 Å². The van der Waals surface area contributed by atoms with Crippen LogP contribution in [-0.4, -0.2) is 21.6 Å². The molecule has 0 aliphatic rings. The van der Waals surface area contributed by atoms with Gasteiger partial charge < -0.3 is 19.7 Å². The molecule has 2 N–H and O–H groups in total. The van der Waals surface area contributed by atoms with Crippen molar-refractivity contribution in [3.8, 4) is 17.0 Å². The number of carboxylic acid groups (broad SMARTS) is 1. The molecule has 198 valence electrons. The van der Waals surface area contributed by atoms with E-state index in [0.717, 1.165) is 11.6 Å². The first-order valence-corrected chi connectivity index (χ1v) is 12.1. The minimum absolute atomic E-state index is 0.0269. The van der Waals surface area contributed by atoms with E-state index >= 15 is 0 Å². The fourth-order valence-corrected chi connectivity index (χ4v) is 3.70. The number of rotatable bonds is 7. The first-order chi connectivity index (χ1) is 18.2. The van der Waals surface area contributed by atoms with E-state index in [1.165, 1.54) is 12.5 Å². The Morgan fingerprint density at radius 2 is 1.53 bits per heavy atom. The molecule has 0 spiro atoms. The maximum atomic E-state index is 13.9. The van der Waals surface area contributed by atoms with Gasteiger partial charge in [-0.05, 0) is 55.0 Å². The average molecular weight is 521 g/mol. The Balaban J connectivity index is 0.00000127. The molecule has 4 aromatic rings. The van der Waals surface area contributed by atoms with Crippen molar-refractivity contribution in [2.75, 3.05) is 5.32 Å². The molecule has 0 atom stereocenters. The Bertz CT molecular complexity index is 1410. The molecule has 0 unspecified atom stereocenters. The number of ether oxygens (including phenoxy) is 1. The van der Waals surface area contributed by atoms with Crippen LogP contribution < -0.4 is 10.1 Å². The Hall–Kier alpha value is -4.46. The predicted octanol–water partition coefficient (Wildman–Crippen LogP) is 7.22. The number of anilines is 1. The fourth-order valence-electron chi connectivity index (χ4n) is 3.70. The molecule has 0 aliphatic heterocycles. The molecule has 6 nitrogen and oxygen atoms in total. The highest BCUT2D eigenvalue weighted by atomic mass is 19.2. The van der Waals surface area contributed by atoms with Gasteiger partial charge in [-0.25, -0.2) is 13.6 Å². The molecular formula is C30H30F2N2O4. The van der Waals surface area contributed by atoms with Crippen LogP contribution >= 0.6 is 0 Å². The zero-order valence-electron chi connectivity index (χ0n) is 21.7. The van der Waals surface area contributed by atoms with E-state index in [0.29, 0.717) is 29.8 Å². The van der Waals surface area contributed by atoms with Gasteiger partial charge >= 0.3 is 5.97 Å². The fraction of sp³-hybridized carbons (Fsp3) is 0.200. The smallest absolute Gasteiger partial charge is 0.336 e. The molecule has 0 saturated carbocycles. The van der Waals surface area contributed by atoms with Crippen LogP contribution in [-0.2, 0) is 13.7 Å². The largest absolute Gasteiger partial charge is 0.489 e. The first-order valence-electron chi connectivity index (χ1n) is 12.1. The quantitative estimate of drug-likeness (QED) is 0.270. The number of carbonyl (C=O) groups is 2. The second-order valence-electron chi connectivity index (χ2n) is 8.66. The lowest BCUT2D eigenvalue weighted by Crippen LogP contribution is -2.12. The molecule has 1 amide bonds. The van der Waals surface area contributed by atoms with Gasteiger partial charge in [0.1, 0.15) is 12.4 Å². The molecule has 0 aliphatic carbocycles. The number of aromatic carboxylic acids is 1. The number of nitrogens with one attached hydrogen (secondary N) is 1. The van der Waals surface area contributed by atoms with Gasteiger partial charge in [-0.15, -0.1) is 0 Å². The number of nitrogens with zero attached hydrogens (tertiary/aromatic N) is 1. The van der Waals surface area contributed by atoms with Gasteiger partial charge in [-0.3, -0.25) is 4.79 Å². The van der Waals surface area contributed by atoms with Crippen molar-refractivity contribution in [2.24, 2.45) is 7.05 Å². The van der Waals surface area contributed by atoms with Crippen molar-refractivity contribution in [1.29, 1.82) is 0 Å². The molecule has 1 aromatic heterocycles. The van der Waals surface area contributed by atoms with Crippen LogP contribution in [0.4, 0.5) is 14.5 Å². The number of benzene rings is 3. The standard InChI is InChI=1S/C27H22F2N2O4.C3H8/c1-16-20(14-25(31(16)2)21-12-23(28)24(29)13-22(21)27(33)34)26(32)30-18-8-10-19(11-9-18)35-15-17-6-4-3-5-7-17;1-3-2/h3-14H,15H2,1-2H3,(H,30,32)(H,33,34);3H2,1-2H3. The number of halogens is 2. The van der Waals surface area contributed by atoms with E-state index in [2.05, 4.69) is 19.2 Å². The summed E-state index contributed by atoms with van der Waals surface area (Å²) < 4.78 is 34.9. The molecule has 0 fully saturated rings. The number of aromatic nitrogens is 1. The van der Waals surface area contributed by atoms with Crippen molar-refractivity contribution in [1.82, 2.24) is 4.57 Å². The van der Waals surface area contributed by atoms with E-state index in [1.54, 1.807) is 42.8 Å². The Morgan fingerprint density at radius 1 is 0.921 bits per heavy atom. The van der Waals surface area contributed by atoms with Gasteiger partial charge in [0.15, 0.2) is 11.6 Å². The molecule has 38 heavy (non-hydrogen) atoms. The maximum absolute atomic E-state index is 13.9. The Labute approximate surface area is 220 Å². The van der Waals surface area contributed by atoms with Gasteiger partial charge in [0, 0.05) is 29.7 Å². The summed E-state index contributed by atoms with van der Waals surface area (Å²) in [4.78, 5) is 24.6. The van der Waals surface area contributed by atoms with Gasteiger partial charge in [-0.2, -0.15) is 0 Å². The summed E-state index contributed by atoms with van der Waals surface area (Å²) in [7, 11) is 1.62. The summed E-state index contributed by atoms with van der Waals surface area (Å²) in [6, 6.07) is 19.5. The second kappa shape index (κ2) is 12.7. The van der Waals surface area contributed by atoms with Crippen LogP contribution in [0.15, 0.2) is 72.8 Å². The maximum Gasteiger partial charge on any atom is 0.336 e. The summed E-state index contributed by atoms with van der Waals surface area (Å²) >= 11 is 0. The number of hydrogen-bond acceptors (Lipinski definition) is 3. The lowest BCUT2D eigenvalue weighted by atomic mass is 10.0. The lowest BCUT2D eigenvalue weighted by Gasteiger charge is -2.09. The monoisotopic (exact) mass is 520 g/mol. The topological polar surface area (TPSA) is 80.6 Å². The van der Waals surface area contributed by atoms with Gasteiger partial charge in [0.2, 0.25) is 0 Å². The number of carboxylic acids is 1. The number of amides is 1. The Kier molecular flexibility index (Phi) is 9.38. The number of hydrogen-bond donors (Lipinski definition) is 2. The van der Waals surface area contributed by atoms with Gasteiger partial charge in [-0.1, -0.05) is 50.6 Å². The SMILES string of the molecule is CCC.Cc1c(C(=O)Nc2ccc(OCc3ccccc3)cc2)cc(-c2cc(F)c(F)cc2C(=O)O)n1C. The number of carbonyl (C=O) groups excluding carboxylic acids is 1. The molecule has 4 rings (SSSR count). The molecule has 1 heterocycles. The minimum Gasteiger partial charge on any atom is -0.489 e. The highest BCUT2D eigenvalue weighted by molar-refractivity contribution is 6.06. The van der Waals surface area contributed by atoms with Crippen LogP contribution in [0.5, 0.6) is 5.75 Å². The van der Waals surface area contributed by atoms with Crippen LogP contribution in [0.25, 0.3) is 11.3 Å². The normalized spacial score (nSPS) is 10.4. The van der Waals surface area contributed by atoms with Crippen molar-refractivity contribution >= 4 is 17.6 Å². The van der Waals surface area contributed by atoms with E-state index in [9.17, 15) is 23.5 Å². The van der Waals surface area contributed by atoms with E-state index in [4.69, 9.17) is 4.74 Å². The third kappa shape index (κ3) is 6.64. The summed E-state index contributed by atoms with van der Waals surface area (Å²) in [5, 5.41) is 12.2. The van der Waals surface area contributed by atoms with Crippen molar-refractivity contribution in [3.05, 3.63) is 107 Å². The summed E-state index contributed by atoms with van der Waals surface area (Å²) in [5.74, 6) is -3.62. The molecule has 3 aromatic carbocycles. The van der Waals surface area contributed by atoms with Gasteiger partial charge in [0.05, 0.1) is 11.1 Å². The third-order valence-electron chi connectivity index (χ3n) is 5.71. The van der Waals surface area contributed by atoms with Crippen molar-refractivity contribution in [3.63, 3.8) is 0 Å². The summed E-state index contributed by atoms with van der Waals surface area (Å²) in [6.45, 7) is 6.35. The first kappa shape index (κ1) is 28.1. The summed E-state index contributed by atoms with van der Waals surface area (Å²) in [6.07, 6.45) is 1.25. The molecule has 0 saturated heterocycles.